The molecule has 0 heterocycles. The Bertz CT molecular complexity index is 613. The second-order valence-corrected chi connectivity index (χ2v) is 5.89. The summed E-state index contributed by atoms with van der Waals surface area (Å²) in [5.74, 6) is -0.365. The molecule has 1 fully saturated rings. The molecule has 1 aliphatic carbocycles. The Morgan fingerprint density at radius 1 is 1.26 bits per heavy atom. The van der Waals surface area contributed by atoms with Crippen LogP contribution in [0.15, 0.2) is 24.3 Å². The number of benzene rings is 1. The molecule has 2 amide bonds. The molecule has 1 saturated carbocycles. The van der Waals surface area contributed by atoms with Crippen LogP contribution in [0.25, 0.3) is 0 Å². The highest BCUT2D eigenvalue weighted by atomic mass is 16.5. The van der Waals surface area contributed by atoms with Crippen molar-refractivity contribution in [1.82, 2.24) is 5.32 Å². The van der Waals surface area contributed by atoms with E-state index in [-0.39, 0.29) is 5.91 Å². The van der Waals surface area contributed by atoms with Crippen LogP contribution in [0.2, 0.25) is 0 Å². The van der Waals surface area contributed by atoms with Crippen molar-refractivity contribution in [3.63, 3.8) is 0 Å². The van der Waals surface area contributed by atoms with E-state index < -0.39 is 17.6 Å². The van der Waals surface area contributed by atoms with E-state index in [9.17, 15) is 14.9 Å². The summed E-state index contributed by atoms with van der Waals surface area (Å²) < 4.78 is 5.57. The number of ether oxygens (including phenoxy) is 1. The fraction of sp³-hybridized carbons (Fsp3) is 0.471. The van der Waals surface area contributed by atoms with Crippen molar-refractivity contribution in [3.05, 3.63) is 29.8 Å². The molecule has 6 heteroatoms. The number of nitrogens with one attached hydrogen (secondary N) is 1. The van der Waals surface area contributed by atoms with E-state index in [1.165, 1.54) is 0 Å². The molecular weight excluding hydrogens is 294 g/mol. The van der Waals surface area contributed by atoms with Gasteiger partial charge in [-0.15, -0.1) is 0 Å². The zero-order valence-electron chi connectivity index (χ0n) is 13.2. The third-order valence-electron chi connectivity index (χ3n) is 4.10. The maximum absolute atomic E-state index is 12.3. The number of amides is 2. The molecular formula is C17H21N3O3. The zero-order chi connectivity index (χ0) is 16.9. The second kappa shape index (κ2) is 7.14. The van der Waals surface area contributed by atoms with Crippen LogP contribution in [-0.2, 0) is 4.79 Å². The minimum Gasteiger partial charge on any atom is -0.481 e. The third-order valence-corrected chi connectivity index (χ3v) is 4.10. The van der Waals surface area contributed by atoms with Crippen LogP contribution in [0.5, 0.6) is 5.75 Å². The third kappa shape index (κ3) is 4.22. The summed E-state index contributed by atoms with van der Waals surface area (Å²) >= 11 is 0. The molecule has 0 aliphatic heterocycles. The topological polar surface area (TPSA) is 105 Å². The molecule has 1 atom stereocenters. The normalized spacial score (nSPS) is 17.6. The van der Waals surface area contributed by atoms with Gasteiger partial charge in [0.25, 0.3) is 5.91 Å². The Balaban J connectivity index is 1.96. The first-order valence-corrected chi connectivity index (χ1v) is 7.75. The van der Waals surface area contributed by atoms with E-state index in [0.29, 0.717) is 24.2 Å². The average Bonchev–Trinajstić information content (AvgIpc) is 2.56. The van der Waals surface area contributed by atoms with Crippen molar-refractivity contribution in [1.29, 1.82) is 5.26 Å². The van der Waals surface area contributed by atoms with Crippen molar-refractivity contribution >= 4 is 11.8 Å². The van der Waals surface area contributed by atoms with E-state index in [4.69, 9.17) is 10.5 Å². The highest BCUT2D eigenvalue weighted by Crippen LogP contribution is 2.27. The summed E-state index contributed by atoms with van der Waals surface area (Å²) in [7, 11) is 0. The van der Waals surface area contributed by atoms with Crippen molar-refractivity contribution in [2.24, 2.45) is 5.73 Å². The predicted molar refractivity (Wildman–Crippen MR) is 84.6 cm³/mol. The number of carbonyl (C=O) groups is 2. The molecule has 6 nitrogen and oxygen atoms in total. The number of nitrogens with zero attached hydrogens (tertiary/aromatic N) is 1. The minimum atomic E-state index is -0.775. The summed E-state index contributed by atoms with van der Waals surface area (Å²) in [4.78, 5) is 23.3. The highest BCUT2D eigenvalue weighted by molar-refractivity contribution is 5.92. The number of nitriles is 1. The molecule has 0 spiro atoms. The molecule has 0 saturated heterocycles. The lowest BCUT2D eigenvalue weighted by atomic mass is 9.83. The average molecular weight is 315 g/mol. The molecule has 0 unspecified atom stereocenters. The van der Waals surface area contributed by atoms with Gasteiger partial charge in [0.1, 0.15) is 11.3 Å². The predicted octanol–water partition coefficient (Wildman–Crippen LogP) is 1.90. The molecule has 0 radical (unpaired) electrons. The van der Waals surface area contributed by atoms with Crippen molar-refractivity contribution in [3.8, 4) is 11.8 Å². The number of carbonyl (C=O) groups excluding carboxylic acids is 2. The zero-order valence-corrected chi connectivity index (χ0v) is 13.2. The lowest BCUT2D eigenvalue weighted by Crippen LogP contribution is -2.52. The lowest BCUT2D eigenvalue weighted by Gasteiger charge is -2.32. The standard InChI is InChI=1S/C17H21N3O3/c1-12(23-14-7-5-13(6-8-14)15(19)21)16(22)20-17(11-18)9-3-2-4-10-17/h5-8,12H,2-4,9-10H2,1H3,(H2,19,21)(H,20,22)/t12-/m0/s1. The van der Waals surface area contributed by atoms with E-state index in [1.807, 2.05) is 0 Å². The van der Waals surface area contributed by atoms with Gasteiger partial charge >= 0.3 is 0 Å². The molecule has 1 aromatic carbocycles. The van der Waals surface area contributed by atoms with Gasteiger partial charge in [0, 0.05) is 5.56 Å². The first kappa shape index (κ1) is 16.8. The van der Waals surface area contributed by atoms with Crippen LogP contribution in [0.3, 0.4) is 0 Å². The Morgan fingerprint density at radius 3 is 2.39 bits per heavy atom. The maximum Gasteiger partial charge on any atom is 0.262 e. The van der Waals surface area contributed by atoms with Gasteiger partial charge < -0.3 is 15.8 Å². The number of hydrogen-bond donors (Lipinski definition) is 2. The molecule has 0 bridgehead atoms. The van der Waals surface area contributed by atoms with Crippen LogP contribution in [0.4, 0.5) is 0 Å². The van der Waals surface area contributed by atoms with Gasteiger partial charge in [0.15, 0.2) is 6.10 Å². The van der Waals surface area contributed by atoms with E-state index >= 15 is 0 Å². The Hall–Kier alpha value is -2.55. The van der Waals surface area contributed by atoms with Crippen LogP contribution in [-0.4, -0.2) is 23.5 Å². The van der Waals surface area contributed by atoms with Gasteiger partial charge in [-0.1, -0.05) is 19.3 Å². The van der Waals surface area contributed by atoms with Gasteiger partial charge in [-0.05, 0) is 44.0 Å². The SMILES string of the molecule is C[C@H](Oc1ccc(C(N)=O)cc1)C(=O)NC1(C#N)CCCCC1. The maximum atomic E-state index is 12.3. The van der Waals surface area contributed by atoms with Crippen molar-refractivity contribution in [2.75, 3.05) is 0 Å². The quantitative estimate of drug-likeness (QED) is 0.865. The van der Waals surface area contributed by atoms with Crippen LogP contribution < -0.4 is 15.8 Å². The number of rotatable bonds is 5. The fourth-order valence-electron chi connectivity index (χ4n) is 2.71. The molecule has 2 rings (SSSR count). The largest absolute Gasteiger partial charge is 0.481 e. The lowest BCUT2D eigenvalue weighted by molar-refractivity contribution is -0.129. The number of primary amides is 1. The van der Waals surface area contributed by atoms with E-state index in [2.05, 4.69) is 11.4 Å². The van der Waals surface area contributed by atoms with E-state index in [1.54, 1.807) is 31.2 Å². The number of hydrogen-bond acceptors (Lipinski definition) is 4. The molecule has 1 aliphatic rings. The molecule has 3 N–H and O–H groups in total. The summed E-state index contributed by atoms with van der Waals surface area (Å²) in [6, 6.07) is 8.51. The molecule has 122 valence electrons. The summed E-state index contributed by atoms with van der Waals surface area (Å²) in [5, 5.41) is 12.2. The van der Waals surface area contributed by atoms with Gasteiger partial charge in [0.05, 0.1) is 6.07 Å². The summed E-state index contributed by atoms with van der Waals surface area (Å²) in [6.07, 6.45) is 3.60. The van der Waals surface area contributed by atoms with Gasteiger partial charge in [0.2, 0.25) is 5.91 Å². The fourth-order valence-corrected chi connectivity index (χ4v) is 2.71. The second-order valence-electron chi connectivity index (χ2n) is 5.89. The van der Waals surface area contributed by atoms with Gasteiger partial charge in [-0.3, -0.25) is 9.59 Å². The van der Waals surface area contributed by atoms with Crippen LogP contribution in [0.1, 0.15) is 49.4 Å². The Kier molecular flexibility index (Phi) is 5.22. The minimum absolute atomic E-state index is 0.313. The smallest absolute Gasteiger partial charge is 0.262 e. The van der Waals surface area contributed by atoms with Crippen molar-refractivity contribution in [2.45, 2.75) is 50.7 Å². The molecule has 1 aromatic rings. The van der Waals surface area contributed by atoms with Gasteiger partial charge in [-0.25, -0.2) is 0 Å². The Morgan fingerprint density at radius 2 is 1.87 bits per heavy atom. The molecule has 0 aromatic heterocycles. The number of nitrogens with two attached hydrogens (primary N) is 1. The van der Waals surface area contributed by atoms with Crippen LogP contribution >= 0.6 is 0 Å². The first-order chi connectivity index (χ1) is 11.0. The Labute approximate surface area is 135 Å². The highest BCUT2D eigenvalue weighted by Gasteiger charge is 2.35. The van der Waals surface area contributed by atoms with Crippen molar-refractivity contribution < 1.29 is 14.3 Å². The monoisotopic (exact) mass is 315 g/mol. The molecule has 23 heavy (non-hydrogen) atoms. The van der Waals surface area contributed by atoms with E-state index in [0.717, 1.165) is 19.3 Å². The summed E-state index contributed by atoms with van der Waals surface area (Å²) in [5.41, 5.74) is 4.77. The van der Waals surface area contributed by atoms with Gasteiger partial charge in [-0.2, -0.15) is 5.26 Å². The van der Waals surface area contributed by atoms with Crippen LogP contribution in [0, 0.1) is 11.3 Å². The first-order valence-electron chi connectivity index (χ1n) is 7.75. The summed E-state index contributed by atoms with van der Waals surface area (Å²) in [6.45, 7) is 1.63.